The van der Waals surface area contributed by atoms with Crippen molar-refractivity contribution in [2.24, 2.45) is 11.7 Å². The molecule has 0 unspecified atom stereocenters. The Morgan fingerprint density at radius 3 is 2.73 bits per heavy atom. The minimum Gasteiger partial charge on any atom is -0.369 e. The van der Waals surface area contributed by atoms with Crippen LogP contribution in [0.1, 0.15) is 6.42 Å². The maximum absolute atomic E-state index is 10.9. The average molecular weight is 154 g/mol. The highest BCUT2D eigenvalue weighted by molar-refractivity contribution is 6.01. The summed E-state index contributed by atoms with van der Waals surface area (Å²) in [4.78, 5) is 21.5. The van der Waals surface area contributed by atoms with Crippen LogP contribution in [0.15, 0.2) is 12.7 Å². The number of hydrogen-bond donors (Lipinski definition) is 2. The predicted octanol–water partition coefficient (Wildman–Crippen LogP) is -0.838. The van der Waals surface area contributed by atoms with Crippen molar-refractivity contribution in [3.05, 3.63) is 12.7 Å². The van der Waals surface area contributed by atoms with Crippen LogP contribution in [0.3, 0.4) is 0 Å². The van der Waals surface area contributed by atoms with E-state index in [0.717, 1.165) is 0 Å². The molecule has 60 valence electrons. The summed E-state index contributed by atoms with van der Waals surface area (Å²) in [6.07, 6.45) is 2.04. The van der Waals surface area contributed by atoms with E-state index in [4.69, 9.17) is 5.73 Å². The van der Waals surface area contributed by atoms with Gasteiger partial charge < -0.3 is 11.1 Å². The standard InChI is InChI=1S/C7H10N2O2/c1-2-4-3-5(6(8)10)7(11)9-4/h2,4-5H,1,3H2,(H2,8,10)(H,9,11)/t4-,5+/m1/s1. The van der Waals surface area contributed by atoms with Gasteiger partial charge in [0.2, 0.25) is 11.8 Å². The fourth-order valence-electron chi connectivity index (χ4n) is 1.10. The fourth-order valence-corrected chi connectivity index (χ4v) is 1.10. The Labute approximate surface area is 64.4 Å². The second-order valence-corrected chi connectivity index (χ2v) is 2.54. The molecule has 1 fully saturated rings. The van der Waals surface area contributed by atoms with Gasteiger partial charge in [-0.2, -0.15) is 0 Å². The topological polar surface area (TPSA) is 72.2 Å². The van der Waals surface area contributed by atoms with Gasteiger partial charge in [-0.15, -0.1) is 6.58 Å². The zero-order valence-corrected chi connectivity index (χ0v) is 6.04. The molecule has 4 heteroatoms. The molecule has 11 heavy (non-hydrogen) atoms. The first-order chi connectivity index (χ1) is 5.15. The second kappa shape index (κ2) is 2.74. The monoisotopic (exact) mass is 154 g/mol. The van der Waals surface area contributed by atoms with Gasteiger partial charge in [-0.05, 0) is 6.42 Å². The molecule has 1 rings (SSSR count). The molecule has 0 radical (unpaired) electrons. The molecule has 0 aliphatic carbocycles. The van der Waals surface area contributed by atoms with Crippen LogP contribution in [0.25, 0.3) is 0 Å². The zero-order chi connectivity index (χ0) is 8.43. The number of carbonyl (C=O) groups is 2. The minimum absolute atomic E-state index is 0.0972. The van der Waals surface area contributed by atoms with Crippen LogP contribution in [-0.2, 0) is 9.59 Å². The highest BCUT2D eigenvalue weighted by atomic mass is 16.2. The lowest BCUT2D eigenvalue weighted by molar-refractivity contribution is -0.131. The van der Waals surface area contributed by atoms with E-state index in [0.29, 0.717) is 6.42 Å². The van der Waals surface area contributed by atoms with Crippen LogP contribution < -0.4 is 11.1 Å². The van der Waals surface area contributed by atoms with Crippen LogP contribution in [-0.4, -0.2) is 17.9 Å². The van der Waals surface area contributed by atoms with Crippen molar-refractivity contribution >= 4 is 11.8 Å². The van der Waals surface area contributed by atoms with E-state index in [1.165, 1.54) is 0 Å². The van der Waals surface area contributed by atoms with Crippen molar-refractivity contribution in [1.82, 2.24) is 5.32 Å². The van der Waals surface area contributed by atoms with Crippen LogP contribution in [0.5, 0.6) is 0 Å². The van der Waals surface area contributed by atoms with Gasteiger partial charge in [0.15, 0.2) is 0 Å². The van der Waals surface area contributed by atoms with Gasteiger partial charge >= 0.3 is 0 Å². The van der Waals surface area contributed by atoms with Crippen LogP contribution in [0.4, 0.5) is 0 Å². The van der Waals surface area contributed by atoms with Gasteiger partial charge in [-0.3, -0.25) is 9.59 Å². The van der Waals surface area contributed by atoms with E-state index in [1.807, 2.05) is 0 Å². The van der Waals surface area contributed by atoms with Crippen LogP contribution in [0, 0.1) is 5.92 Å². The van der Waals surface area contributed by atoms with E-state index in [-0.39, 0.29) is 11.9 Å². The van der Waals surface area contributed by atoms with E-state index < -0.39 is 11.8 Å². The molecular formula is C7H10N2O2. The largest absolute Gasteiger partial charge is 0.369 e. The van der Waals surface area contributed by atoms with Gasteiger partial charge in [-0.25, -0.2) is 0 Å². The smallest absolute Gasteiger partial charge is 0.233 e. The minimum atomic E-state index is -0.669. The van der Waals surface area contributed by atoms with E-state index in [9.17, 15) is 9.59 Å². The molecule has 0 saturated carbocycles. The Kier molecular flexibility index (Phi) is 1.94. The van der Waals surface area contributed by atoms with Crippen molar-refractivity contribution in [1.29, 1.82) is 0 Å². The predicted molar refractivity (Wildman–Crippen MR) is 39.4 cm³/mol. The average Bonchev–Trinajstić information content (AvgIpc) is 2.30. The molecular weight excluding hydrogens is 144 g/mol. The Balaban J connectivity index is 2.65. The zero-order valence-electron chi connectivity index (χ0n) is 6.04. The maximum atomic E-state index is 10.9. The van der Waals surface area contributed by atoms with Crippen molar-refractivity contribution in [3.63, 3.8) is 0 Å². The lowest BCUT2D eigenvalue weighted by Gasteiger charge is -1.98. The lowest BCUT2D eigenvalue weighted by atomic mass is 10.1. The quantitative estimate of drug-likeness (QED) is 0.402. The van der Waals surface area contributed by atoms with Crippen LogP contribution >= 0.6 is 0 Å². The number of rotatable bonds is 2. The number of hydrogen-bond acceptors (Lipinski definition) is 2. The Morgan fingerprint density at radius 2 is 2.45 bits per heavy atom. The van der Waals surface area contributed by atoms with Crippen molar-refractivity contribution < 1.29 is 9.59 Å². The highest BCUT2D eigenvalue weighted by Crippen LogP contribution is 2.14. The fraction of sp³-hybridized carbons (Fsp3) is 0.429. The third kappa shape index (κ3) is 1.39. The molecule has 0 aromatic heterocycles. The van der Waals surface area contributed by atoms with Gasteiger partial charge in [0.25, 0.3) is 0 Å². The maximum Gasteiger partial charge on any atom is 0.233 e. The van der Waals surface area contributed by atoms with E-state index in [2.05, 4.69) is 11.9 Å². The molecule has 3 N–H and O–H groups in total. The summed E-state index contributed by atoms with van der Waals surface area (Å²) in [6.45, 7) is 3.50. The van der Waals surface area contributed by atoms with E-state index in [1.54, 1.807) is 6.08 Å². The molecule has 4 nitrogen and oxygen atoms in total. The lowest BCUT2D eigenvalue weighted by Crippen LogP contribution is -2.30. The summed E-state index contributed by atoms with van der Waals surface area (Å²) in [5.74, 6) is -1.52. The summed E-state index contributed by atoms with van der Waals surface area (Å²) >= 11 is 0. The first kappa shape index (κ1) is 7.78. The van der Waals surface area contributed by atoms with Crippen molar-refractivity contribution in [2.45, 2.75) is 12.5 Å². The number of nitrogens with one attached hydrogen (secondary N) is 1. The third-order valence-corrected chi connectivity index (χ3v) is 1.76. The summed E-state index contributed by atoms with van der Waals surface area (Å²) in [5.41, 5.74) is 4.97. The van der Waals surface area contributed by atoms with Gasteiger partial charge in [0.05, 0.1) is 0 Å². The number of nitrogens with two attached hydrogens (primary N) is 1. The molecule has 2 atom stereocenters. The Hall–Kier alpha value is -1.32. The van der Waals surface area contributed by atoms with Gasteiger partial charge in [0.1, 0.15) is 5.92 Å². The molecule has 2 amide bonds. The van der Waals surface area contributed by atoms with Gasteiger partial charge in [0, 0.05) is 6.04 Å². The summed E-state index contributed by atoms with van der Waals surface area (Å²) in [6, 6.07) is -0.0972. The molecule has 1 aliphatic rings. The molecule has 0 bridgehead atoms. The highest BCUT2D eigenvalue weighted by Gasteiger charge is 2.34. The SMILES string of the molecule is C=C[C@@H]1C[C@@H](C(N)=O)C(=O)N1. The van der Waals surface area contributed by atoms with Gasteiger partial charge in [-0.1, -0.05) is 6.08 Å². The summed E-state index contributed by atoms with van der Waals surface area (Å²) in [7, 11) is 0. The molecule has 0 aromatic carbocycles. The molecule has 1 saturated heterocycles. The molecule has 0 spiro atoms. The summed E-state index contributed by atoms with van der Waals surface area (Å²) in [5, 5.41) is 2.58. The molecule has 0 aromatic rings. The third-order valence-electron chi connectivity index (χ3n) is 1.76. The number of primary amides is 1. The first-order valence-electron chi connectivity index (χ1n) is 3.37. The number of carbonyl (C=O) groups excluding carboxylic acids is 2. The Bertz CT molecular complexity index is 212. The Morgan fingerprint density at radius 1 is 1.82 bits per heavy atom. The molecule has 1 heterocycles. The van der Waals surface area contributed by atoms with Crippen molar-refractivity contribution in [3.8, 4) is 0 Å². The first-order valence-corrected chi connectivity index (χ1v) is 3.37. The number of amides is 2. The summed E-state index contributed by atoms with van der Waals surface area (Å²) < 4.78 is 0. The van der Waals surface area contributed by atoms with Crippen molar-refractivity contribution in [2.75, 3.05) is 0 Å². The normalized spacial score (nSPS) is 29.6. The second-order valence-electron chi connectivity index (χ2n) is 2.54. The van der Waals surface area contributed by atoms with Crippen LogP contribution in [0.2, 0.25) is 0 Å². The van der Waals surface area contributed by atoms with E-state index >= 15 is 0 Å². The molecule has 1 aliphatic heterocycles.